The zero-order valence-electron chi connectivity index (χ0n) is 22.7. The molecule has 41 heavy (non-hydrogen) atoms. The largest absolute Gasteiger partial charge is 0.395 e. The molecule has 1 aliphatic heterocycles. The maximum atomic E-state index is 14.2. The number of nitrogens with zero attached hydrogens (tertiary/aromatic N) is 4. The number of halogens is 4. The highest BCUT2D eigenvalue weighted by Gasteiger charge is 2.54. The predicted octanol–water partition coefficient (Wildman–Crippen LogP) is 4.52. The van der Waals surface area contributed by atoms with Crippen molar-refractivity contribution in [2.45, 2.75) is 72.9 Å². The summed E-state index contributed by atoms with van der Waals surface area (Å²) >= 11 is 3.14. The lowest BCUT2D eigenvalue weighted by Gasteiger charge is -2.53. The van der Waals surface area contributed by atoms with E-state index in [9.17, 15) is 28.5 Å². The van der Waals surface area contributed by atoms with Gasteiger partial charge in [-0.15, -0.1) is 5.10 Å². The molecule has 6 atom stereocenters. The number of hydrogen-bond donors (Lipinski definition) is 4. The summed E-state index contributed by atoms with van der Waals surface area (Å²) in [5.41, 5.74) is 0.795. The summed E-state index contributed by atoms with van der Waals surface area (Å²) in [6.45, 7) is 1.46. The molecule has 0 bridgehead atoms. The molecule has 1 saturated carbocycles. The molecule has 5 rings (SSSR count). The number of aliphatic hydroxyl groups excluding tert-OH is 2. The molecule has 2 aromatic heterocycles. The second-order valence-corrected chi connectivity index (χ2v) is 14.4. The maximum absolute atomic E-state index is 14.2. The van der Waals surface area contributed by atoms with E-state index < -0.39 is 76.4 Å². The van der Waals surface area contributed by atoms with Gasteiger partial charge in [-0.3, -0.25) is 4.98 Å². The number of aromatic nitrogens is 4. The van der Waals surface area contributed by atoms with Gasteiger partial charge >= 0.3 is 0 Å². The Morgan fingerprint density at radius 2 is 1.95 bits per heavy atom. The number of rotatable bonds is 7. The number of methoxy groups -OCH3 is 1. The van der Waals surface area contributed by atoms with Crippen molar-refractivity contribution < 1.29 is 33.2 Å². The van der Waals surface area contributed by atoms with Gasteiger partial charge < -0.3 is 20.1 Å². The van der Waals surface area contributed by atoms with Crippen LogP contribution in [0.2, 0.25) is 0 Å². The lowest BCUT2D eigenvalue weighted by Crippen LogP contribution is -2.54. The topological polar surface area (TPSA) is 114 Å². The molecule has 1 aliphatic carbocycles. The Bertz CT molecular complexity index is 1370. The van der Waals surface area contributed by atoms with E-state index in [4.69, 9.17) is 4.74 Å². The summed E-state index contributed by atoms with van der Waals surface area (Å²) in [4.78, 5) is 4.59. The molecule has 0 spiro atoms. The number of hydrogen-bond acceptors (Lipinski definition) is 7. The van der Waals surface area contributed by atoms with Gasteiger partial charge in [-0.2, -0.15) is 0 Å². The van der Waals surface area contributed by atoms with Crippen LogP contribution >= 0.6 is 26.8 Å². The summed E-state index contributed by atoms with van der Waals surface area (Å²) < 4.78 is 50.2. The first-order valence-corrected chi connectivity index (χ1v) is 15.9. The third kappa shape index (κ3) is 5.94. The first-order valence-electron chi connectivity index (χ1n) is 13.4. The monoisotopic (exact) mass is 658 g/mol. The molecule has 3 heterocycles. The molecule has 3 aromatic rings. The normalized spacial score (nSPS) is 29.2. The Balaban J connectivity index is 1.51. The molecule has 2 fully saturated rings. The lowest BCUT2D eigenvalue weighted by molar-refractivity contribution is -0.105. The van der Waals surface area contributed by atoms with Gasteiger partial charge in [0.05, 0.1) is 46.0 Å². The fourth-order valence-corrected chi connectivity index (χ4v) is 10.3. The molecule has 1 saturated heterocycles. The molecular weight excluding hydrogens is 625 g/mol. The van der Waals surface area contributed by atoms with Crippen LogP contribution in [0.15, 0.2) is 47.2 Å². The smallest absolute Gasteiger partial charge is 0.248 e. The summed E-state index contributed by atoms with van der Waals surface area (Å²) in [7, 11) is 0.0712. The zero-order chi connectivity index (χ0) is 29.5. The molecule has 2 aliphatic rings. The SMILES string of the molecule is CO[C@H]1C[SH](C(c2ncccc2C)C2(O)CCC(F)(F)CC2)[C@H](CO)[C@H](O)[C@@H]1n1cc(-c2ccc(Br)c(F)c2)nn1. The van der Waals surface area contributed by atoms with E-state index in [1.54, 1.807) is 30.6 Å². The van der Waals surface area contributed by atoms with E-state index in [1.807, 2.05) is 13.0 Å². The molecule has 1 aromatic carbocycles. The first-order chi connectivity index (χ1) is 19.5. The van der Waals surface area contributed by atoms with Gasteiger partial charge in [-0.25, -0.2) is 28.7 Å². The van der Waals surface area contributed by atoms with Gasteiger partial charge in [0, 0.05) is 42.7 Å². The second-order valence-electron chi connectivity index (χ2n) is 11.0. The van der Waals surface area contributed by atoms with Crippen molar-refractivity contribution in [3.05, 3.63) is 64.3 Å². The number of pyridine rings is 1. The Labute approximate surface area is 247 Å². The number of aliphatic hydroxyl groups is 3. The van der Waals surface area contributed by atoms with Crippen LogP contribution in [0.1, 0.15) is 48.2 Å². The second kappa shape index (κ2) is 11.9. The first kappa shape index (κ1) is 30.4. The average Bonchev–Trinajstić information content (AvgIpc) is 3.43. The van der Waals surface area contributed by atoms with Crippen LogP contribution in [0, 0.1) is 12.7 Å². The molecule has 2 unspecified atom stereocenters. The molecular formula is C28H34BrF3N4O4S. The van der Waals surface area contributed by atoms with Gasteiger partial charge in [-0.05, 0) is 59.5 Å². The molecule has 0 radical (unpaired) electrons. The minimum atomic E-state index is -2.85. The summed E-state index contributed by atoms with van der Waals surface area (Å²) in [5, 5.41) is 41.4. The van der Waals surface area contributed by atoms with Crippen LogP contribution in [-0.2, 0) is 4.74 Å². The maximum Gasteiger partial charge on any atom is 0.248 e. The number of aryl methyl sites for hydroxylation is 1. The predicted molar refractivity (Wildman–Crippen MR) is 154 cm³/mol. The fourth-order valence-electron chi connectivity index (χ4n) is 6.18. The van der Waals surface area contributed by atoms with Gasteiger partial charge in [0.15, 0.2) is 0 Å². The van der Waals surface area contributed by atoms with Crippen molar-refractivity contribution in [1.82, 2.24) is 20.0 Å². The molecule has 8 nitrogen and oxygen atoms in total. The van der Waals surface area contributed by atoms with Crippen molar-refractivity contribution in [2.24, 2.45) is 0 Å². The van der Waals surface area contributed by atoms with Crippen molar-refractivity contribution in [3.63, 3.8) is 0 Å². The molecule has 0 amide bonds. The molecule has 224 valence electrons. The Hall–Kier alpha value is -2.03. The molecule has 13 heteroatoms. The van der Waals surface area contributed by atoms with Crippen molar-refractivity contribution in [1.29, 1.82) is 0 Å². The number of benzene rings is 1. The number of alkyl halides is 2. The highest BCUT2D eigenvalue weighted by Crippen LogP contribution is 2.61. The third-order valence-electron chi connectivity index (χ3n) is 8.46. The van der Waals surface area contributed by atoms with Crippen LogP contribution in [0.25, 0.3) is 11.3 Å². The quantitative estimate of drug-likeness (QED) is 0.276. The highest BCUT2D eigenvalue weighted by molar-refractivity contribution is 9.10. The summed E-state index contributed by atoms with van der Waals surface area (Å²) in [5.74, 6) is -2.96. The molecule has 3 N–H and O–H groups in total. The zero-order valence-corrected chi connectivity index (χ0v) is 25.1. The number of ether oxygens (including phenoxy) is 1. The van der Waals surface area contributed by atoms with Crippen molar-refractivity contribution in [2.75, 3.05) is 19.5 Å². The minimum absolute atomic E-state index is 0.120. The van der Waals surface area contributed by atoms with Crippen molar-refractivity contribution in [3.8, 4) is 11.3 Å². The Kier molecular flexibility index (Phi) is 8.85. The van der Waals surface area contributed by atoms with Crippen LogP contribution in [0.4, 0.5) is 13.2 Å². The Morgan fingerprint density at radius 3 is 2.59 bits per heavy atom. The van der Waals surface area contributed by atoms with Crippen LogP contribution in [0.5, 0.6) is 0 Å². The van der Waals surface area contributed by atoms with Crippen LogP contribution in [0.3, 0.4) is 0 Å². The Morgan fingerprint density at radius 1 is 1.22 bits per heavy atom. The van der Waals surface area contributed by atoms with Gasteiger partial charge in [-0.1, -0.05) is 17.3 Å². The van der Waals surface area contributed by atoms with E-state index in [-0.39, 0.29) is 12.8 Å². The van der Waals surface area contributed by atoms with E-state index in [0.29, 0.717) is 27.2 Å². The van der Waals surface area contributed by atoms with Gasteiger partial charge in [0.25, 0.3) is 0 Å². The summed E-state index contributed by atoms with van der Waals surface area (Å²) in [6, 6.07) is 7.48. The van der Waals surface area contributed by atoms with Gasteiger partial charge in [0.2, 0.25) is 5.92 Å². The summed E-state index contributed by atoms with van der Waals surface area (Å²) in [6.07, 6.45) is 0.305. The fraction of sp³-hybridized carbons (Fsp3) is 0.536. The number of thiol groups is 1. The van der Waals surface area contributed by atoms with Crippen LogP contribution < -0.4 is 0 Å². The van der Waals surface area contributed by atoms with Crippen LogP contribution in [-0.4, -0.2) is 83.7 Å². The van der Waals surface area contributed by atoms with Crippen molar-refractivity contribution >= 4 is 26.8 Å². The lowest BCUT2D eigenvalue weighted by atomic mass is 9.79. The van der Waals surface area contributed by atoms with E-state index in [1.165, 1.54) is 17.9 Å². The highest BCUT2D eigenvalue weighted by atomic mass is 79.9. The van der Waals surface area contributed by atoms with Gasteiger partial charge in [0.1, 0.15) is 17.6 Å². The van der Waals surface area contributed by atoms with E-state index in [2.05, 4.69) is 31.2 Å². The minimum Gasteiger partial charge on any atom is -0.395 e. The standard InChI is InChI=1S/C28H34BrF3N4O4S/c1-16-4-3-11-33-23(16)26(27(39)7-9-28(31,32)10-8-27)41-15-21(40-2)24(25(38)22(41)14-37)36-13-20(34-35-36)17-5-6-18(29)19(30)12-17/h3-6,11-13,21-22,24-26,37-39,41H,7-10,14-15H2,1-2H3/t21-,22+,24+,25-,26?/m0/s1. The van der Waals surface area contributed by atoms with E-state index in [0.717, 1.165) is 5.56 Å². The van der Waals surface area contributed by atoms with E-state index >= 15 is 0 Å². The average molecular weight is 660 g/mol. The third-order valence-corrected chi connectivity index (χ3v) is 12.6.